The molecule has 2 heterocycles. The van der Waals surface area contributed by atoms with E-state index in [-0.39, 0.29) is 5.76 Å². The monoisotopic (exact) mass is 413 g/mol. The Kier molecular flexibility index (Phi) is 7.18. The molecule has 2 aliphatic heterocycles. The zero-order chi connectivity index (χ0) is 21.7. The van der Waals surface area contributed by atoms with Crippen molar-refractivity contribution in [3.63, 3.8) is 0 Å². The number of methoxy groups -OCH3 is 1. The van der Waals surface area contributed by atoms with Gasteiger partial charge in [0.15, 0.2) is 24.2 Å². The Hall–Kier alpha value is -3.11. The molecule has 29 heavy (non-hydrogen) atoms. The molecule has 0 aromatic heterocycles. The van der Waals surface area contributed by atoms with Crippen molar-refractivity contribution in [3.8, 4) is 0 Å². The highest BCUT2D eigenvalue weighted by Gasteiger charge is 2.50. The molecule has 0 unspecified atom stereocenters. The van der Waals surface area contributed by atoms with Crippen LogP contribution in [0, 0.1) is 0 Å². The van der Waals surface area contributed by atoms with Crippen LogP contribution in [0.4, 0.5) is 0 Å². The summed E-state index contributed by atoms with van der Waals surface area (Å²) in [7, 11) is 1.18. The predicted octanol–water partition coefficient (Wildman–Crippen LogP) is 0.0544. The van der Waals surface area contributed by atoms with Crippen LogP contribution in [0.5, 0.6) is 0 Å². The third kappa shape index (κ3) is 5.69. The molecule has 0 aliphatic carbocycles. The van der Waals surface area contributed by atoms with Crippen LogP contribution in [0.2, 0.25) is 0 Å². The number of carbonyl (C=O) groups excluding carboxylic acids is 4. The molecule has 0 fully saturated rings. The summed E-state index contributed by atoms with van der Waals surface area (Å²) in [5.74, 6) is -2.63. The maximum atomic E-state index is 12.0. The molecule has 5 atom stereocenters. The van der Waals surface area contributed by atoms with Gasteiger partial charge in [0, 0.05) is 33.8 Å². The van der Waals surface area contributed by atoms with Gasteiger partial charge in [0.25, 0.3) is 0 Å². The standard InChI is InChI=1S/C18H23NO10/c1-8-19-15-12(26-8)6-13(18(23)24-5)29-17(15)16(28-11(4)22)14(27-10(3)21)7-25-9(2)20/h6,12,14-17H,7H2,1-5H3/t12-,14-,15-,16+,17-/m0/s1. The Labute approximate surface area is 166 Å². The maximum Gasteiger partial charge on any atom is 0.373 e. The number of hydrogen-bond acceptors (Lipinski definition) is 11. The summed E-state index contributed by atoms with van der Waals surface area (Å²) in [6.45, 7) is 4.70. The SMILES string of the molecule is COC(=O)C1=C[C@@H]2OC(C)=N[C@@H]2[C@@H]([C@H](OC(C)=O)[C@H](COC(C)=O)OC(C)=O)O1. The minimum atomic E-state index is -1.25. The third-order valence-corrected chi connectivity index (χ3v) is 4.04. The lowest BCUT2D eigenvalue weighted by molar-refractivity contribution is -0.187. The van der Waals surface area contributed by atoms with Crippen molar-refractivity contribution in [2.75, 3.05) is 13.7 Å². The first kappa shape index (κ1) is 22.2. The van der Waals surface area contributed by atoms with Crippen molar-refractivity contribution in [1.29, 1.82) is 0 Å². The molecule has 0 spiro atoms. The van der Waals surface area contributed by atoms with Gasteiger partial charge in [-0.3, -0.25) is 14.4 Å². The van der Waals surface area contributed by atoms with Gasteiger partial charge in [-0.1, -0.05) is 0 Å². The van der Waals surface area contributed by atoms with Gasteiger partial charge in [-0.2, -0.15) is 0 Å². The van der Waals surface area contributed by atoms with Crippen LogP contribution >= 0.6 is 0 Å². The largest absolute Gasteiger partial charge is 0.477 e. The Bertz CT molecular complexity index is 743. The van der Waals surface area contributed by atoms with Gasteiger partial charge in [0.05, 0.1) is 7.11 Å². The van der Waals surface area contributed by atoms with Gasteiger partial charge in [0.2, 0.25) is 5.76 Å². The van der Waals surface area contributed by atoms with Gasteiger partial charge < -0.3 is 28.4 Å². The fourth-order valence-corrected chi connectivity index (χ4v) is 3.01. The van der Waals surface area contributed by atoms with E-state index < -0.39 is 60.9 Å². The fraction of sp³-hybridized carbons (Fsp3) is 0.611. The highest BCUT2D eigenvalue weighted by molar-refractivity contribution is 5.87. The first-order valence-electron chi connectivity index (χ1n) is 8.78. The number of carbonyl (C=O) groups is 4. The normalized spacial score (nSPS) is 24.4. The van der Waals surface area contributed by atoms with Gasteiger partial charge >= 0.3 is 23.9 Å². The summed E-state index contributed by atoms with van der Waals surface area (Å²) >= 11 is 0. The number of aliphatic imine (C=N–C) groups is 1. The molecule has 0 saturated carbocycles. The lowest BCUT2D eigenvalue weighted by Crippen LogP contribution is -2.54. The molecular weight excluding hydrogens is 390 g/mol. The second-order valence-electron chi connectivity index (χ2n) is 6.35. The van der Waals surface area contributed by atoms with Crippen LogP contribution in [0.25, 0.3) is 0 Å². The van der Waals surface area contributed by atoms with Gasteiger partial charge in [-0.15, -0.1) is 0 Å². The smallest absolute Gasteiger partial charge is 0.373 e. The van der Waals surface area contributed by atoms with E-state index in [4.69, 9.17) is 28.4 Å². The molecular formula is C18H23NO10. The molecule has 0 bridgehead atoms. The number of ether oxygens (including phenoxy) is 6. The zero-order valence-electron chi connectivity index (χ0n) is 16.7. The summed E-state index contributed by atoms with van der Waals surface area (Å²) in [5, 5.41) is 0. The van der Waals surface area contributed by atoms with Gasteiger partial charge in [-0.25, -0.2) is 9.79 Å². The minimum Gasteiger partial charge on any atom is -0.477 e. The molecule has 2 rings (SSSR count). The van der Waals surface area contributed by atoms with Crippen LogP contribution in [-0.2, 0) is 47.6 Å². The summed E-state index contributed by atoms with van der Waals surface area (Å²) < 4.78 is 31.5. The highest BCUT2D eigenvalue weighted by atomic mass is 16.6. The van der Waals surface area contributed by atoms with E-state index in [1.54, 1.807) is 6.92 Å². The quantitative estimate of drug-likeness (QED) is 0.416. The molecule has 2 aliphatic rings. The van der Waals surface area contributed by atoms with E-state index in [1.807, 2.05) is 0 Å². The molecule has 11 heteroatoms. The molecule has 0 aromatic rings. The topological polar surface area (TPSA) is 136 Å². The lowest BCUT2D eigenvalue weighted by Gasteiger charge is -2.37. The van der Waals surface area contributed by atoms with Crippen LogP contribution in [0.1, 0.15) is 27.7 Å². The van der Waals surface area contributed by atoms with Crippen molar-refractivity contribution in [1.82, 2.24) is 0 Å². The Balaban J connectivity index is 2.42. The molecule has 0 radical (unpaired) electrons. The zero-order valence-corrected chi connectivity index (χ0v) is 16.7. The van der Waals surface area contributed by atoms with Crippen molar-refractivity contribution < 1.29 is 47.6 Å². The average molecular weight is 413 g/mol. The third-order valence-electron chi connectivity index (χ3n) is 4.04. The minimum absolute atomic E-state index is 0.171. The predicted molar refractivity (Wildman–Crippen MR) is 94.5 cm³/mol. The Morgan fingerprint density at radius 1 is 1.07 bits per heavy atom. The van der Waals surface area contributed by atoms with E-state index >= 15 is 0 Å². The van der Waals surface area contributed by atoms with Crippen molar-refractivity contribution in [3.05, 3.63) is 11.8 Å². The first-order chi connectivity index (χ1) is 13.6. The summed E-state index contributed by atoms with van der Waals surface area (Å²) in [5.41, 5.74) is 0. The second kappa shape index (κ2) is 9.39. The number of fused-ring (bicyclic) bond motifs is 1. The Morgan fingerprint density at radius 2 is 1.72 bits per heavy atom. The highest BCUT2D eigenvalue weighted by Crippen LogP contribution is 2.32. The van der Waals surface area contributed by atoms with Crippen molar-refractivity contribution in [2.45, 2.75) is 58.2 Å². The first-order valence-corrected chi connectivity index (χ1v) is 8.78. The van der Waals surface area contributed by atoms with Gasteiger partial charge in [-0.05, 0) is 0 Å². The van der Waals surface area contributed by atoms with Crippen LogP contribution in [0.15, 0.2) is 16.8 Å². The number of esters is 4. The van der Waals surface area contributed by atoms with Gasteiger partial charge in [0.1, 0.15) is 18.8 Å². The van der Waals surface area contributed by atoms with E-state index in [9.17, 15) is 19.2 Å². The van der Waals surface area contributed by atoms with E-state index in [0.717, 1.165) is 13.8 Å². The van der Waals surface area contributed by atoms with E-state index in [2.05, 4.69) is 4.99 Å². The van der Waals surface area contributed by atoms with Crippen LogP contribution in [-0.4, -0.2) is 73.9 Å². The summed E-state index contributed by atoms with van der Waals surface area (Å²) in [6.07, 6.45) is -2.83. The molecule has 0 saturated heterocycles. The molecule has 160 valence electrons. The molecule has 0 N–H and O–H groups in total. The number of rotatable bonds is 7. The fourth-order valence-electron chi connectivity index (χ4n) is 3.01. The maximum absolute atomic E-state index is 12.0. The van der Waals surface area contributed by atoms with E-state index in [0.29, 0.717) is 5.90 Å². The van der Waals surface area contributed by atoms with Crippen molar-refractivity contribution >= 4 is 29.8 Å². The number of nitrogens with zero attached hydrogens (tertiary/aromatic N) is 1. The summed E-state index contributed by atoms with van der Waals surface area (Å²) in [6, 6.07) is -0.705. The molecule has 0 aromatic carbocycles. The Morgan fingerprint density at radius 3 is 2.28 bits per heavy atom. The van der Waals surface area contributed by atoms with Crippen LogP contribution in [0.3, 0.4) is 0 Å². The molecule has 11 nitrogen and oxygen atoms in total. The second-order valence-corrected chi connectivity index (χ2v) is 6.35. The average Bonchev–Trinajstić information content (AvgIpc) is 3.01. The number of hydrogen-bond donors (Lipinski definition) is 0. The van der Waals surface area contributed by atoms with Crippen LogP contribution < -0.4 is 0 Å². The van der Waals surface area contributed by atoms with E-state index in [1.165, 1.54) is 20.1 Å². The lowest BCUT2D eigenvalue weighted by atomic mass is 9.94. The van der Waals surface area contributed by atoms with Crippen molar-refractivity contribution in [2.24, 2.45) is 4.99 Å². The summed E-state index contributed by atoms with van der Waals surface area (Å²) in [4.78, 5) is 50.9. The molecule has 0 amide bonds.